The maximum Gasteiger partial charge on any atom is 0.343 e. The lowest BCUT2D eigenvalue weighted by Gasteiger charge is -2.16. The van der Waals surface area contributed by atoms with E-state index in [-0.39, 0.29) is 6.61 Å². The number of aliphatic hydroxyl groups excluding tert-OH is 1. The molecule has 30 heavy (non-hydrogen) atoms. The van der Waals surface area contributed by atoms with Crippen molar-refractivity contribution in [2.24, 2.45) is 0 Å². The van der Waals surface area contributed by atoms with Crippen molar-refractivity contribution in [3.05, 3.63) is 82.3 Å². The van der Waals surface area contributed by atoms with Crippen LogP contribution in [-0.2, 0) is 9.53 Å². The van der Waals surface area contributed by atoms with Crippen molar-refractivity contribution in [2.45, 2.75) is 13.0 Å². The summed E-state index contributed by atoms with van der Waals surface area (Å²) in [5, 5.41) is 12.0. The molecule has 5 nitrogen and oxygen atoms in total. The fraction of sp³-hybridized carbons (Fsp3) is 0.200. The molecule has 0 aliphatic carbocycles. The Kier molecular flexibility index (Phi) is 7.65. The molecule has 1 unspecified atom stereocenters. The van der Waals surface area contributed by atoms with Crippen LogP contribution in [0, 0.1) is 29.1 Å². The van der Waals surface area contributed by atoms with E-state index >= 15 is 0 Å². The van der Waals surface area contributed by atoms with Crippen molar-refractivity contribution in [1.82, 2.24) is 5.32 Å². The predicted molar refractivity (Wildman–Crippen MR) is 94.7 cm³/mol. The van der Waals surface area contributed by atoms with E-state index in [0.717, 1.165) is 0 Å². The number of esters is 1. The zero-order chi connectivity index (χ0) is 22.4. The van der Waals surface area contributed by atoms with Gasteiger partial charge in [0.05, 0.1) is 19.3 Å². The van der Waals surface area contributed by atoms with Crippen LogP contribution in [0.25, 0.3) is 0 Å². The Labute approximate surface area is 167 Å². The molecule has 0 amide bonds. The lowest BCUT2D eigenvalue weighted by atomic mass is 10.0. The van der Waals surface area contributed by atoms with Gasteiger partial charge in [0, 0.05) is 6.20 Å². The first-order valence-corrected chi connectivity index (χ1v) is 8.59. The average Bonchev–Trinajstić information content (AvgIpc) is 2.74. The van der Waals surface area contributed by atoms with Crippen molar-refractivity contribution < 1.29 is 41.4 Å². The molecule has 0 aromatic heterocycles. The predicted octanol–water partition coefficient (Wildman–Crippen LogP) is 3.34. The maximum atomic E-state index is 14.0. The summed E-state index contributed by atoms with van der Waals surface area (Å²) < 4.78 is 72.8. The molecule has 0 bridgehead atoms. The van der Waals surface area contributed by atoms with Crippen LogP contribution in [0.3, 0.4) is 0 Å². The van der Waals surface area contributed by atoms with E-state index in [1.807, 2.05) is 0 Å². The lowest BCUT2D eigenvalue weighted by Crippen LogP contribution is -2.25. The quantitative estimate of drug-likeness (QED) is 0.0984. The third kappa shape index (κ3) is 4.65. The fourth-order valence-corrected chi connectivity index (χ4v) is 2.49. The molecule has 10 heteroatoms. The average molecular weight is 429 g/mol. The van der Waals surface area contributed by atoms with E-state index in [4.69, 9.17) is 0 Å². The Hall–Kier alpha value is -3.27. The molecule has 0 saturated heterocycles. The number of carbonyl (C=O) groups excluding carboxylic acids is 2. The monoisotopic (exact) mass is 429 g/mol. The number of nitrogens with one attached hydrogen (secondary N) is 1. The van der Waals surface area contributed by atoms with Gasteiger partial charge in [-0.15, -0.1) is 0 Å². The van der Waals surface area contributed by atoms with Crippen LogP contribution in [0.2, 0.25) is 0 Å². The summed E-state index contributed by atoms with van der Waals surface area (Å²) in [5.74, 6) is -15.0. The highest BCUT2D eigenvalue weighted by Crippen LogP contribution is 2.25. The van der Waals surface area contributed by atoms with Crippen LogP contribution in [0.15, 0.2) is 42.1 Å². The van der Waals surface area contributed by atoms with Gasteiger partial charge in [-0.05, 0) is 12.5 Å². The maximum absolute atomic E-state index is 14.0. The molecule has 2 aromatic carbocycles. The number of rotatable bonds is 8. The van der Waals surface area contributed by atoms with Crippen molar-refractivity contribution in [3.8, 4) is 0 Å². The minimum Gasteiger partial charge on any atom is -0.462 e. The molecule has 0 saturated carbocycles. The van der Waals surface area contributed by atoms with Crippen molar-refractivity contribution in [3.63, 3.8) is 0 Å². The summed E-state index contributed by atoms with van der Waals surface area (Å²) in [5.41, 5.74) is -2.29. The number of ketones is 1. The number of carbonyl (C=O) groups is 2. The standard InChI is InChI=1S/C20H16F5NO4/c1-2-30-20(29)11(8-26-12(9-27)10-6-4-3-5-7-10)19(28)13-14(21)16(23)18(25)17(24)15(13)22/h3-8,12,26-27H,2,9H2,1H3/b11-8-. The fourth-order valence-electron chi connectivity index (χ4n) is 2.49. The van der Waals surface area contributed by atoms with Gasteiger partial charge in [0.15, 0.2) is 23.3 Å². The Balaban J connectivity index is 2.51. The molecule has 0 radical (unpaired) electrons. The van der Waals surface area contributed by atoms with Crippen LogP contribution in [0.4, 0.5) is 22.0 Å². The van der Waals surface area contributed by atoms with Gasteiger partial charge in [-0.2, -0.15) is 0 Å². The first kappa shape index (κ1) is 23.0. The molecule has 0 fully saturated rings. The number of ether oxygens (including phenoxy) is 1. The zero-order valence-electron chi connectivity index (χ0n) is 15.5. The van der Waals surface area contributed by atoms with Crippen LogP contribution < -0.4 is 5.32 Å². The summed E-state index contributed by atoms with van der Waals surface area (Å²) in [6, 6.07) is 7.37. The molecule has 1 atom stereocenters. The number of Topliss-reactive ketones (excluding diaryl/α,β-unsaturated/α-hetero) is 1. The molecular weight excluding hydrogens is 413 g/mol. The first-order chi connectivity index (χ1) is 14.2. The molecule has 2 N–H and O–H groups in total. The summed E-state index contributed by atoms with van der Waals surface area (Å²) >= 11 is 0. The second-order valence-corrected chi connectivity index (χ2v) is 5.87. The summed E-state index contributed by atoms with van der Waals surface area (Å²) in [7, 11) is 0. The van der Waals surface area contributed by atoms with Gasteiger partial charge in [0.2, 0.25) is 11.6 Å². The number of halogens is 5. The molecule has 0 heterocycles. The van der Waals surface area contributed by atoms with Crippen molar-refractivity contribution in [2.75, 3.05) is 13.2 Å². The van der Waals surface area contributed by atoms with Crippen LogP contribution in [0.1, 0.15) is 28.9 Å². The van der Waals surface area contributed by atoms with E-state index in [9.17, 15) is 36.6 Å². The molecular formula is C20H16F5NO4. The summed E-state index contributed by atoms with van der Waals surface area (Å²) in [6.07, 6.45) is 0.701. The lowest BCUT2D eigenvalue weighted by molar-refractivity contribution is -0.138. The zero-order valence-corrected chi connectivity index (χ0v) is 15.5. The van der Waals surface area contributed by atoms with Crippen LogP contribution in [-0.4, -0.2) is 30.1 Å². The number of hydrogen-bond acceptors (Lipinski definition) is 5. The molecule has 0 aliphatic rings. The van der Waals surface area contributed by atoms with Crippen molar-refractivity contribution >= 4 is 11.8 Å². The third-order valence-electron chi connectivity index (χ3n) is 3.99. The van der Waals surface area contributed by atoms with E-state index in [0.29, 0.717) is 11.8 Å². The van der Waals surface area contributed by atoms with Gasteiger partial charge in [0.25, 0.3) is 0 Å². The van der Waals surface area contributed by atoms with Gasteiger partial charge in [-0.1, -0.05) is 30.3 Å². The minimum absolute atomic E-state index is 0.233. The topological polar surface area (TPSA) is 75.6 Å². The Morgan fingerprint density at radius 2 is 1.53 bits per heavy atom. The summed E-state index contributed by atoms with van der Waals surface area (Å²) in [6.45, 7) is 0.641. The smallest absolute Gasteiger partial charge is 0.343 e. The Morgan fingerprint density at radius 1 is 1.00 bits per heavy atom. The second-order valence-electron chi connectivity index (χ2n) is 5.87. The molecule has 0 spiro atoms. The Bertz CT molecular complexity index is 950. The SMILES string of the molecule is CCOC(=O)/C(=C\NC(CO)c1ccccc1)C(=O)c1c(F)c(F)c(F)c(F)c1F. The van der Waals surface area contributed by atoms with Crippen LogP contribution >= 0.6 is 0 Å². The number of hydrogen-bond donors (Lipinski definition) is 2. The largest absolute Gasteiger partial charge is 0.462 e. The van der Waals surface area contributed by atoms with E-state index in [1.165, 1.54) is 6.92 Å². The van der Waals surface area contributed by atoms with E-state index in [2.05, 4.69) is 10.1 Å². The van der Waals surface area contributed by atoms with Gasteiger partial charge in [0.1, 0.15) is 11.1 Å². The van der Waals surface area contributed by atoms with Gasteiger partial charge in [-0.3, -0.25) is 4.79 Å². The normalized spacial score (nSPS) is 12.4. The van der Waals surface area contributed by atoms with E-state index in [1.54, 1.807) is 30.3 Å². The van der Waals surface area contributed by atoms with Gasteiger partial charge in [-0.25, -0.2) is 26.7 Å². The van der Waals surface area contributed by atoms with Gasteiger partial charge < -0.3 is 15.2 Å². The highest BCUT2D eigenvalue weighted by Gasteiger charge is 2.33. The highest BCUT2D eigenvalue weighted by atomic mass is 19.2. The minimum atomic E-state index is -2.44. The number of aliphatic hydroxyl groups is 1. The van der Waals surface area contributed by atoms with Gasteiger partial charge >= 0.3 is 5.97 Å². The second kappa shape index (κ2) is 9.97. The third-order valence-corrected chi connectivity index (χ3v) is 3.99. The highest BCUT2D eigenvalue weighted by molar-refractivity contribution is 6.24. The summed E-state index contributed by atoms with van der Waals surface area (Å²) in [4.78, 5) is 24.7. The number of benzene rings is 2. The Morgan fingerprint density at radius 3 is 2.03 bits per heavy atom. The molecule has 2 rings (SSSR count). The van der Waals surface area contributed by atoms with E-state index < -0.39 is 64.6 Å². The van der Waals surface area contributed by atoms with Crippen molar-refractivity contribution in [1.29, 1.82) is 0 Å². The molecule has 2 aromatic rings. The molecule has 0 aliphatic heterocycles. The molecule has 160 valence electrons. The van der Waals surface area contributed by atoms with Crippen LogP contribution in [0.5, 0.6) is 0 Å². The first-order valence-electron chi connectivity index (χ1n) is 8.59.